The van der Waals surface area contributed by atoms with Gasteiger partial charge in [0.25, 0.3) is 5.88 Å². The Morgan fingerprint density at radius 2 is 1.57 bits per heavy atom. The highest BCUT2D eigenvalue weighted by atomic mass is 19.4. The molecule has 278 valence electrons. The Morgan fingerprint density at radius 3 is 2.13 bits per heavy atom. The highest BCUT2D eigenvalue weighted by Gasteiger charge is 2.64. The van der Waals surface area contributed by atoms with Gasteiger partial charge in [-0.05, 0) is 60.8 Å². The number of hydrogen-bond donors (Lipinski definition) is 2. The molecule has 0 bridgehead atoms. The summed E-state index contributed by atoms with van der Waals surface area (Å²) in [5, 5.41) is 28.4. The monoisotopic (exact) mass is 734 g/mol. The molecule has 4 aromatic rings. The topological polar surface area (TPSA) is 141 Å². The molecular weight excluding hydrogens is 697 g/mol. The van der Waals surface area contributed by atoms with Crippen molar-refractivity contribution in [1.82, 2.24) is 10.1 Å². The number of carbonyl (C=O) groups is 2. The SMILES string of the molecule is COC(OC)c1cc(OCc2ccccc2)c2c(c1C(F)(F)F)C[C@H]1C[C@H]3[C@H](N(C)C)c4onc(OCc5ccccc5)c4C(=O)[C@@]3(O)C(O)=C1C2=O. The summed E-state index contributed by atoms with van der Waals surface area (Å²) in [6.45, 7) is -0.101. The predicted octanol–water partition coefficient (Wildman–Crippen LogP) is 6.56. The number of carbonyl (C=O) groups excluding carboxylic acids is 2. The second-order valence-corrected chi connectivity index (χ2v) is 13.6. The van der Waals surface area contributed by atoms with Crippen LogP contribution in [-0.2, 0) is 35.3 Å². The smallest absolute Gasteiger partial charge is 0.417 e. The first-order valence-electron chi connectivity index (χ1n) is 16.9. The van der Waals surface area contributed by atoms with Crippen LogP contribution in [0.1, 0.15) is 73.0 Å². The minimum atomic E-state index is -4.97. The molecule has 0 spiro atoms. The van der Waals surface area contributed by atoms with Gasteiger partial charge < -0.3 is 33.7 Å². The van der Waals surface area contributed by atoms with E-state index in [0.717, 1.165) is 11.6 Å². The van der Waals surface area contributed by atoms with Crippen molar-refractivity contribution in [3.63, 3.8) is 0 Å². The maximum Gasteiger partial charge on any atom is 0.417 e. The van der Waals surface area contributed by atoms with Crippen molar-refractivity contribution in [2.75, 3.05) is 28.3 Å². The van der Waals surface area contributed by atoms with Gasteiger partial charge in [-0.3, -0.25) is 14.5 Å². The maximum absolute atomic E-state index is 15.1. The summed E-state index contributed by atoms with van der Waals surface area (Å²) >= 11 is 0. The summed E-state index contributed by atoms with van der Waals surface area (Å²) in [5.41, 5.74) is -4.12. The third-order valence-electron chi connectivity index (χ3n) is 10.3. The molecule has 1 aromatic heterocycles. The summed E-state index contributed by atoms with van der Waals surface area (Å²) in [6.07, 6.45) is -7.00. The number of benzene rings is 3. The van der Waals surface area contributed by atoms with Gasteiger partial charge in [0.1, 0.15) is 30.3 Å². The number of ketones is 2. The second-order valence-electron chi connectivity index (χ2n) is 13.6. The molecule has 3 aliphatic rings. The normalized spacial score (nSPS) is 22.4. The molecule has 0 aliphatic heterocycles. The van der Waals surface area contributed by atoms with Crippen LogP contribution in [-0.4, -0.2) is 65.8 Å². The number of rotatable bonds is 10. The van der Waals surface area contributed by atoms with E-state index in [-0.39, 0.29) is 60.1 Å². The lowest BCUT2D eigenvalue weighted by atomic mass is 9.58. The zero-order valence-electron chi connectivity index (χ0n) is 29.3. The third kappa shape index (κ3) is 5.99. The number of methoxy groups -OCH3 is 2. The first-order valence-corrected chi connectivity index (χ1v) is 16.9. The van der Waals surface area contributed by atoms with E-state index in [9.17, 15) is 19.8 Å². The molecule has 0 saturated carbocycles. The minimum Gasteiger partial charge on any atom is -0.508 e. The molecule has 0 unspecified atom stereocenters. The summed E-state index contributed by atoms with van der Waals surface area (Å²) in [6, 6.07) is 18.0. The fourth-order valence-corrected chi connectivity index (χ4v) is 8.06. The number of aliphatic hydroxyl groups excluding tert-OH is 1. The number of aliphatic hydroxyl groups is 2. The Bertz CT molecular complexity index is 2080. The number of nitrogens with zero attached hydrogens (tertiary/aromatic N) is 2. The van der Waals surface area contributed by atoms with Crippen LogP contribution in [0.25, 0.3) is 0 Å². The van der Waals surface area contributed by atoms with Crippen LogP contribution < -0.4 is 9.47 Å². The van der Waals surface area contributed by atoms with Gasteiger partial charge in [0.15, 0.2) is 23.4 Å². The van der Waals surface area contributed by atoms with Crippen molar-refractivity contribution < 1.29 is 56.4 Å². The number of hydrogen-bond acceptors (Lipinski definition) is 11. The van der Waals surface area contributed by atoms with Crippen LogP contribution in [0, 0.1) is 11.8 Å². The Balaban J connectivity index is 1.38. The fraction of sp³-hybridized carbons (Fsp3) is 0.359. The summed E-state index contributed by atoms with van der Waals surface area (Å²) in [7, 11) is 5.72. The van der Waals surface area contributed by atoms with Gasteiger partial charge in [0.05, 0.1) is 17.2 Å². The lowest BCUT2D eigenvalue weighted by Gasteiger charge is -2.49. The van der Waals surface area contributed by atoms with E-state index in [0.29, 0.717) is 5.56 Å². The van der Waals surface area contributed by atoms with Crippen molar-refractivity contribution in [3.8, 4) is 11.6 Å². The standard InChI is InChI=1S/C39H37F3N2O9/c1-44(2)31-25-16-22-15-23-28(26(51-18-20-11-7-5-8-12-20)17-24(37(49-3)50-4)30(23)39(40,41)42)32(45)27(22)34(46)38(25,48)35(47)29-33(31)53-43-36(29)52-19-21-13-9-6-10-14-21/h5-14,17,22,25,31,37,46,48H,15-16,18-19H2,1-4H3/t22-,25-,31-,38-/m0/s1. The van der Waals surface area contributed by atoms with Crippen LogP contribution in [0.15, 0.2) is 82.6 Å². The lowest BCUT2D eigenvalue weighted by molar-refractivity contribution is -0.148. The molecule has 0 amide bonds. The zero-order valence-corrected chi connectivity index (χ0v) is 29.3. The number of Topliss-reactive ketones (excluding diaryl/α,β-unsaturated/α-hetero) is 2. The lowest BCUT2D eigenvalue weighted by Crippen LogP contribution is -2.59. The first kappa shape index (κ1) is 36.3. The Morgan fingerprint density at radius 1 is 0.962 bits per heavy atom. The van der Waals surface area contributed by atoms with Gasteiger partial charge in [0, 0.05) is 31.3 Å². The van der Waals surface area contributed by atoms with Crippen molar-refractivity contribution >= 4 is 11.6 Å². The molecule has 3 aliphatic carbocycles. The van der Waals surface area contributed by atoms with E-state index < -0.39 is 70.0 Å². The van der Waals surface area contributed by atoms with E-state index in [1.807, 2.05) is 18.2 Å². The Labute approximate surface area is 302 Å². The molecule has 2 N–H and O–H groups in total. The van der Waals surface area contributed by atoms with Gasteiger partial charge in [-0.25, -0.2) is 0 Å². The van der Waals surface area contributed by atoms with Gasteiger partial charge >= 0.3 is 6.18 Å². The third-order valence-corrected chi connectivity index (χ3v) is 10.3. The average molecular weight is 735 g/mol. The van der Waals surface area contributed by atoms with Crippen LogP contribution in [0.3, 0.4) is 0 Å². The van der Waals surface area contributed by atoms with Gasteiger partial charge in [-0.15, -0.1) is 0 Å². The number of ether oxygens (including phenoxy) is 4. The van der Waals surface area contributed by atoms with Gasteiger partial charge in [-0.1, -0.05) is 60.7 Å². The van der Waals surface area contributed by atoms with Crippen molar-refractivity contribution in [2.45, 2.75) is 50.2 Å². The zero-order chi connectivity index (χ0) is 37.8. The van der Waals surface area contributed by atoms with Crippen molar-refractivity contribution in [1.29, 1.82) is 0 Å². The number of alkyl halides is 3. The molecule has 1 heterocycles. The Kier molecular flexibility index (Phi) is 9.43. The molecule has 4 atom stereocenters. The predicted molar refractivity (Wildman–Crippen MR) is 181 cm³/mol. The molecule has 0 fully saturated rings. The molecule has 11 nitrogen and oxygen atoms in total. The molecule has 53 heavy (non-hydrogen) atoms. The second kappa shape index (κ2) is 13.8. The molecule has 14 heteroatoms. The van der Waals surface area contributed by atoms with Crippen molar-refractivity contribution in [3.05, 3.63) is 123 Å². The quantitative estimate of drug-likeness (QED) is 0.171. The first-order chi connectivity index (χ1) is 25.3. The van der Waals surface area contributed by atoms with Crippen LogP contribution in [0.5, 0.6) is 11.6 Å². The Hall–Kier alpha value is -5.02. The van der Waals surface area contributed by atoms with Gasteiger partial charge in [0.2, 0.25) is 5.78 Å². The highest BCUT2D eigenvalue weighted by molar-refractivity contribution is 6.16. The number of fused-ring (bicyclic) bond motifs is 4. The van der Waals surface area contributed by atoms with Crippen LogP contribution in [0.2, 0.25) is 0 Å². The molecule has 0 saturated heterocycles. The summed E-state index contributed by atoms with van der Waals surface area (Å²) in [5.74, 6) is -5.50. The van der Waals surface area contributed by atoms with Crippen LogP contribution >= 0.6 is 0 Å². The summed E-state index contributed by atoms with van der Waals surface area (Å²) in [4.78, 5) is 30.7. The minimum absolute atomic E-state index is 0.00822. The molecule has 3 aromatic carbocycles. The number of aromatic nitrogens is 1. The van der Waals surface area contributed by atoms with Gasteiger partial charge in [-0.2, -0.15) is 13.2 Å². The van der Waals surface area contributed by atoms with Crippen molar-refractivity contribution in [2.24, 2.45) is 11.8 Å². The van der Waals surface area contributed by atoms with E-state index in [4.69, 9.17) is 23.5 Å². The number of allylic oxidation sites excluding steroid dienone is 1. The number of halogens is 3. The van der Waals surface area contributed by atoms with Crippen LogP contribution in [0.4, 0.5) is 13.2 Å². The maximum atomic E-state index is 15.1. The average Bonchev–Trinajstić information content (AvgIpc) is 3.55. The van der Waals surface area contributed by atoms with E-state index in [1.165, 1.54) is 14.2 Å². The van der Waals surface area contributed by atoms with E-state index in [1.54, 1.807) is 61.5 Å². The molecule has 7 rings (SSSR count). The van der Waals surface area contributed by atoms with E-state index in [2.05, 4.69) is 5.16 Å². The van der Waals surface area contributed by atoms with E-state index >= 15 is 13.2 Å². The summed E-state index contributed by atoms with van der Waals surface area (Å²) < 4.78 is 73.5. The molecular formula is C39H37F3N2O9. The highest BCUT2D eigenvalue weighted by Crippen LogP contribution is 2.57. The molecule has 0 radical (unpaired) electrons. The largest absolute Gasteiger partial charge is 0.508 e. The fourth-order valence-electron chi connectivity index (χ4n) is 8.06.